The number of unbranched alkanes of at least 4 members (excludes halogenated alkanes) is 1. The second-order valence-corrected chi connectivity index (χ2v) is 2.59. The molecule has 0 rings (SSSR count). The van der Waals surface area contributed by atoms with Gasteiger partial charge in [-0.15, -0.1) is 0 Å². The number of carboxylic acids is 1. The Kier molecular flexibility index (Phi) is 9.13. The first-order chi connectivity index (χ1) is 4.72. The largest absolute Gasteiger partial charge is 0.481 e. The van der Waals surface area contributed by atoms with E-state index in [1.54, 1.807) is 0 Å². The summed E-state index contributed by atoms with van der Waals surface area (Å²) in [6.45, 7) is 4.00. The molecule has 0 fully saturated rings. The molecule has 0 aliphatic rings. The standard InChI is InChI=1S/C8H16O2.BH3/c1-3-5-6-7(4-2)8(9)10;/h7H,3-6H2,1-2H3,(H,9,10);1H3. The van der Waals surface area contributed by atoms with Gasteiger partial charge in [0.15, 0.2) is 0 Å². The minimum Gasteiger partial charge on any atom is -0.481 e. The van der Waals surface area contributed by atoms with Crippen molar-refractivity contribution in [3.63, 3.8) is 0 Å². The predicted octanol–water partition coefficient (Wildman–Crippen LogP) is 1.10. The van der Waals surface area contributed by atoms with Crippen LogP contribution in [0.15, 0.2) is 0 Å². The second-order valence-electron chi connectivity index (χ2n) is 2.59. The monoisotopic (exact) mass is 158 g/mol. The smallest absolute Gasteiger partial charge is 0.306 e. The molecule has 3 heteroatoms. The Balaban J connectivity index is 0. The van der Waals surface area contributed by atoms with Gasteiger partial charge in [-0.05, 0) is 12.8 Å². The Bertz CT molecular complexity index is 104. The van der Waals surface area contributed by atoms with Gasteiger partial charge in [0.2, 0.25) is 0 Å². The van der Waals surface area contributed by atoms with Crippen molar-refractivity contribution in [3.05, 3.63) is 0 Å². The van der Waals surface area contributed by atoms with Crippen molar-refractivity contribution in [2.45, 2.75) is 39.5 Å². The maximum absolute atomic E-state index is 10.4. The molecular formula is C8H19BO2. The Morgan fingerprint density at radius 1 is 1.45 bits per heavy atom. The molecule has 0 heterocycles. The normalized spacial score (nSPS) is 11.8. The van der Waals surface area contributed by atoms with Crippen molar-refractivity contribution in [3.8, 4) is 0 Å². The third-order valence-corrected chi connectivity index (χ3v) is 1.75. The lowest BCUT2D eigenvalue weighted by Crippen LogP contribution is -2.11. The van der Waals surface area contributed by atoms with E-state index in [0.29, 0.717) is 0 Å². The molecule has 1 atom stereocenters. The minimum absolute atomic E-state index is 0. The fourth-order valence-electron chi connectivity index (χ4n) is 0.953. The highest BCUT2D eigenvalue weighted by Gasteiger charge is 2.12. The third-order valence-electron chi connectivity index (χ3n) is 1.75. The summed E-state index contributed by atoms with van der Waals surface area (Å²) in [6, 6.07) is 0. The van der Waals surface area contributed by atoms with Crippen molar-refractivity contribution >= 4 is 14.4 Å². The second kappa shape index (κ2) is 7.64. The number of hydrogen-bond donors (Lipinski definition) is 1. The third kappa shape index (κ3) is 5.95. The van der Waals surface area contributed by atoms with E-state index < -0.39 is 5.97 Å². The summed E-state index contributed by atoms with van der Waals surface area (Å²) >= 11 is 0. The van der Waals surface area contributed by atoms with E-state index >= 15 is 0 Å². The van der Waals surface area contributed by atoms with Crippen LogP contribution in [0.3, 0.4) is 0 Å². The molecule has 1 unspecified atom stereocenters. The molecule has 0 aromatic carbocycles. The highest BCUT2D eigenvalue weighted by atomic mass is 16.4. The molecule has 0 aliphatic carbocycles. The Morgan fingerprint density at radius 2 is 2.00 bits per heavy atom. The van der Waals surface area contributed by atoms with Gasteiger partial charge in [-0.2, -0.15) is 0 Å². The molecule has 0 spiro atoms. The molecule has 0 bridgehead atoms. The summed E-state index contributed by atoms with van der Waals surface area (Å²) in [6.07, 6.45) is 3.71. The molecule has 2 nitrogen and oxygen atoms in total. The molecule has 1 N–H and O–H groups in total. The maximum atomic E-state index is 10.4. The van der Waals surface area contributed by atoms with E-state index in [1.165, 1.54) is 0 Å². The van der Waals surface area contributed by atoms with Crippen LogP contribution in [0.5, 0.6) is 0 Å². The summed E-state index contributed by atoms with van der Waals surface area (Å²) in [4.78, 5) is 10.4. The lowest BCUT2D eigenvalue weighted by molar-refractivity contribution is -0.142. The minimum atomic E-state index is -0.643. The molecule has 0 aromatic heterocycles. The van der Waals surface area contributed by atoms with Gasteiger partial charge < -0.3 is 5.11 Å². The fraction of sp³-hybridized carbons (Fsp3) is 0.875. The van der Waals surface area contributed by atoms with Crippen molar-refractivity contribution in [2.75, 3.05) is 0 Å². The van der Waals surface area contributed by atoms with Gasteiger partial charge in [0.05, 0.1) is 14.3 Å². The summed E-state index contributed by atoms with van der Waals surface area (Å²) in [5.74, 6) is -0.754. The topological polar surface area (TPSA) is 37.3 Å². The van der Waals surface area contributed by atoms with Gasteiger partial charge >= 0.3 is 5.97 Å². The van der Waals surface area contributed by atoms with Gasteiger partial charge in [0, 0.05) is 0 Å². The molecule has 0 aromatic rings. The first kappa shape index (κ1) is 13.1. The van der Waals surface area contributed by atoms with Gasteiger partial charge in [-0.1, -0.05) is 26.7 Å². The number of aliphatic carboxylic acids is 1. The van der Waals surface area contributed by atoms with E-state index in [-0.39, 0.29) is 14.3 Å². The highest BCUT2D eigenvalue weighted by molar-refractivity contribution is 5.75. The molecule has 0 saturated carbocycles. The van der Waals surface area contributed by atoms with Gasteiger partial charge in [0.1, 0.15) is 0 Å². The summed E-state index contributed by atoms with van der Waals surface area (Å²) < 4.78 is 0. The summed E-state index contributed by atoms with van der Waals surface area (Å²) in [7, 11) is 0. The van der Waals surface area contributed by atoms with Crippen LogP contribution >= 0.6 is 0 Å². The number of carboxylic acid groups (broad SMARTS) is 1. The Morgan fingerprint density at radius 3 is 2.27 bits per heavy atom. The fourth-order valence-corrected chi connectivity index (χ4v) is 0.953. The maximum Gasteiger partial charge on any atom is 0.306 e. The first-order valence-corrected chi connectivity index (χ1v) is 3.95. The van der Waals surface area contributed by atoms with Crippen molar-refractivity contribution in [2.24, 2.45) is 5.92 Å². The van der Waals surface area contributed by atoms with Crippen LogP contribution in [-0.4, -0.2) is 19.5 Å². The molecule has 0 amide bonds. The zero-order chi connectivity index (χ0) is 7.98. The molecule has 66 valence electrons. The summed E-state index contributed by atoms with van der Waals surface area (Å²) in [5, 5.41) is 8.60. The number of hydrogen-bond acceptors (Lipinski definition) is 1. The predicted molar refractivity (Wildman–Crippen MR) is 50.9 cm³/mol. The van der Waals surface area contributed by atoms with Gasteiger partial charge in [0.25, 0.3) is 0 Å². The SMILES string of the molecule is B.CCCCC(CC)C(=O)O. The molecule has 0 radical (unpaired) electrons. The summed E-state index contributed by atoms with van der Waals surface area (Å²) in [5.41, 5.74) is 0. The van der Waals surface area contributed by atoms with E-state index in [9.17, 15) is 4.79 Å². The highest BCUT2D eigenvalue weighted by Crippen LogP contribution is 2.11. The van der Waals surface area contributed by atoms with Crippen LogP contribution in [0.2, 0.25) is 0 Å². The van der Waals surface area contributed by atoms with Crippen molar-refractivity contribution in [1.29, 1.82) is 0 Å². The molecule has 0 saturated heterocycles. The van der Waals surface area contributed by atoms with E-state index in [1.807, 2.05) is 6.92 Å². The zero-order valence-electron chi connectivity index (χ0n) is 6.76. The number of carbonyl (C=O) groups is 1. The van der Waals surface area contributed by atoms with Crippen LogP contribution in [0.1, 0.15) is 39.5 Å². The Hall–Kier alpha value is -0.465. The van der Waals surface area contributed by atoms with E-state index in [2.05, 4.69) is 6.92 Å². The lowest BCUT2D eigenvalue weighted by Gasteiger charge is -2.06. The number of rotatable bonds is 5. The molecule has 0 aliphatic heterocycles. The van der Waals surface area contributed by atoms with Crippen LogP contribution in [0.25, 0.3) is 0 Å². The molecular weight excluding hydrogens is 139 g/mol. The van der Waals surface area contributed by atoms with Crippen LogP contribution in [0, 0.1) is 5.92 Å². The Labute approximate surface area is 70.6 Å². The van der Waals surface area contributed by atoms with E-state index in [0.717, 1.165) is 25.7 Å². The van der Waals surface area contributed by atoms with Gasteiger partial charge in [-0.25, -0.2) is 0 Å². The van der Waals surface area contributed by atoms with E-state index in [4.69, 9.17) is 5.11 Å². The van der Waals surface area contributed by atoms with Crippen molar-refractivity contribution in [1.82, 2.24) is 0 Å². The van der Waals surface area contributed by atoms with Crippen LogP contribution in [0.4, 0.5) is 0 Å². The first-order valence-electron chi connectivity index (χ1n) is 3.95. The van der Waals surface area contributed by atoms with Crippen molar-refractivity contribution < 1.29 is 9.90 Å². The van der Waals surface area contributed by atoms with Gasteiger partial charge in [-0.3, -0.25) is 4.79 Å². The van der Waals surface area contributed by atoms with Crippen LogP contribution in [-0.2, 0) is 4.79 Å². The zero-order valence-corrected chi connectivity index (χ0v) is 6.76. The lowest BCUT2D eigenvalue weighted by atomic mass is 10.00. The average molecular weight is 158 g/mol. The molecule has 11 heavy (non-hydrogen) atoms. The quantitative estimate of drug-likeness (QED) is 0.608. The van der Waals surface area contributed by atoms with Crippen LogP contribution < -0.4 is 0 Å². The average Bonchev–Trinajstić information content (AvgIpc) is 1.89.